The quantitative estimate of drug-likeness (QED) is 0.416. The number of aliphatic hydroxyl groups is 1. The Kier molecular flexibility index (Phi) is 6.98. The highest BCUT2D eigenvalue weighted by molar-refractivity contribution is 5.74. The van der Waals surface area contributed by atoms with Gasteiger partial charge in [-0.05, 0) is 78.6 Å². The van der Waals surface area contributed by atoms with E-state index in [0.717, 1.165) is 29.0 Å². The number of halogens is 3. The Hall–Kier alpha value is -3.53. The first-order chi connectivity index (χ1) is 17.3. The second-order valence-corrected chi connectivity index (χ2v) is 10.2. The largest absolute Gasteiger partial charge is 0.469 e. The molecular formula is C27H29F3N4O3. The van der Waals surface area contributed by atoms with Crippen LogP contribution in [0.5, 0.6) is 0 Å². The van der Waals surface area contributed by atoms with Gasteiger partial charge in [-0.15, -0.1) is 0 Å². The first-order valence-corrected chi connectivity index (χ1v) is 11.9. The van der Waals surface area contributed by atoms with Gasteiger partial charge in [-0.25, -0.2) is 9.97 Å². The number of nitrogens with one attached hydrogen (secondary N) is 1. The van der Waals surface area contributed by atoms with Crippen molar-refractivity contribution >= 4 is 17.6 Å². The van der Waals surface area contributed by atoms with E-state index in [9.17, 15) is 23.1 Å². The Bertz CT molecular complexity index is 1310. The van der Waals surface area contributed by atoms with Crippen LogP contribution in [0.4, 0.5) is 24.8 Å². The molecule has 0 aliphatic heterocycles. The third-order valence-electron chi connectivity index (χ3n) is 6.87. The van der Waals surface area contributed by atoms with Crippen molar-refractivity contribution in [2.45, 2.75) is 51.8 Å². The topological polar surface area (TPSA) is 97.2 Å². The monoisotopic (exact) mass is 514 g/mol. The second kappa shape index (κ2) is 9.74. The molecule has 2 N–H and O–H groups in total. The predicted octanol–water partition coefficient (Wildman–Crippen LogP) is 5.80. The number of pyridine rings is 1. The number of rotatable bonds is 5. The van der Waals surface area contributed by atoms with Crippen LogP contribution in [0.25, 0.3) is 11.1 Å². The van der Waals surface area contributed by atoms with Crippen LogP contribution >= 0.6 is 0 Å². The maximum Gasteiger partial charge on any atom is 0.433 e. The van der Waals surface area contributed by atoms with Gasteiger partial charge in [0, 0.05) is 18.1 Å². The summed E-state index contributed by atoms with van der Waals surface area (Å²) < 4.78 is 44.1. The zero-order chi connectivity index (χ0) is 27.0. The lowest BCUT2D eigenvalue weighted by molar-refractivity contribution is -0.158. The van der Waals surface area contributed by atoms with Crippen LogP contribution in [0.1, 0.15) is 50.1 Å². The summed E-state index contributed by atoms with van der Waals surface area (Å²) >= 11 is 0. The van der Waals surface area contributed by atoms with Crippen LogP contribution in [-0.2, 0) is 21.3 Å². The van der Waals surface area contributed by atoms with Crippen molar-refractivity contribution in [3.63, 3.8) is 0 Å². The number of alkyl halides is 3. The number of benzene rings is 1. The number of aryl methyl sites for hydroxylation is 1. The number of hydrogen-bond acceptors (Lipinski definition) is 7. The molecule has 2 atom stereocenters. The number of methoxy groups -OCH3 is 1. The van der Waals surface area contributed by atoms with E-state index in [2.05, 4.69) is 20.3 Å². The molecule has 0 bridgehead atoms. The van der Waals surface area contributed by atoms with Crippen molar-refractivity contribution in [1.82, 2.24) is 15.0 Å². The summed E-state index contributed by atoms with van der Waals surface area (Å²) in [5.74, 6) is -0.761. The minimum absolute atomic E-state index is 0.166. The van der Waals surface area contributed by atoms with Crippen LogP contribution in [0.3, 0.4) is 0 Å². The van der Waals surface area contributed by atoms with Crippen LogP contribution in [0.2, 0.25) is 0 Å². The highest BCUT2D eigenvalue weighted by atomic mass is 19.4. The number of aromatic nitrogens is 3. The molecule has 1 aliphatic rings. The minimum Gasteiger partial charge on any atom is -0.469 e. The zero-order valence-electron chi connectivity index (χ0n) is 21.1. The van der Waals surface area contributed by atoms with E-state index in [-0.39, 0.29) is 17.8 Å². The SMILES string of the molecule is COC(=O)C1CCC(O)(c2cc(-c3cc(C)cc(Nc4nccc(C(F)(F)F)n4)c3)ccn2)CC1(C)C. The van der Waals surface area contributed by atoms with Gasteiger partial charge in [-0.3, -0.25) is 9.78 Å². The molecule has 0 radical (unpaired) electrons. The summed E-state index contributed by atoms with van der Waals surface area (Å²) in [7, 11) is 1.37. The van der Waals surface area contributed by atoms with Gasteiger partial charge in [-0.1, -0.05) is 19.9 Å². The molecule has 37 heavy (non-hydrogen) atoms. The first kappa shape index (κ1) is 26.5. The molecule has 1 aliphatic carbocycles. The summed E-state index contributed by atoms with van der Waals surface area (Å²) in [6.07, 6.45) is -0.731. The number of carbonyl (C=O) groups excluding carboxylic acids is 1. The van der Waals surface area contributed by atoms with E-state index in [1.54, 1.807) is 24.4 Å². The molecule has 2 unspecified atom stereocenters. The molecule has 10 heteroatoms. The molecule has 2 aromatic heterocycles. The molecular weight excluding hydrogens is 485 g/mol. The smallest absolute Gasteiger partial charge is 0.433 e. The number of hydrogen-bond donors (Lipinski definition) is 2. The molecule has 2 heterocycles. The zero-order valence-corrected chi connectivity index (χ0v) is 21.1. The lowest BCUT2D eigenvalue weighted by Gasteiger charge is -2.45. The van der Waals surface area contributed by atoms with E-state index in [1.165, 1.54) is 7.11 Å². The number of esters is 1. The van der Waals surface area contributed by atoms with E-state index in [1.807, 2.05) is 32.9 Å². The van der Waals surface area contributed by atoms with Crippen LogP contribution < -0.4 is 5.32 Å². The van der Waals surface area contributed by atoms with E-state index in [0.29, 0.717) is 30.6 Å². The highest BCUT2D eigenvalue weighted by Crippen LogP contribution is 2.49. The molecule has 7 nitrogen and oxygen atoms in total. The van der Waals surface area contributed by atoms with Crippen molar-refractivity contribution in [2.24, 2.45) is 11.3 Å². The highest BCUT2D eigenvalue weighted by Gasteiger charge is 2.49. The van der Waals surface area contributed by atoms with E-state index < -0.39 is 22.9 Å². The fourth-order valence-electron chi connectivity index (χ4n) is 5.13. The second-order valence-electron chi connectivity index (χ2n) is 10.2. The van der Waals surface area contributed by atoms with Gasteiger partial charge in [0.05, 0.1) is 18.7 Å². The average Bonchev–Trinajstić information content (AvgIpc) is 2.82. The Morgan fingerprint density at radius 3 is 2.51 bits per heavy atom. The molecule has 1 aromatic carbocycles. The molecule has 1 saturated carbocycles. The molecule has 3 aromatic rings. The summed E-state index contributed by atoms with van der Waals surface area (Å²) in [4.78, 5) is 24.2. The van der Waals surface area contributed by atoms with Crippen molar-refractivity contribution in [1.29, 1.82) is 0 Å². The van der Waals surface area contributed by atoms with Crippen LogP contribution in [0.15, 0.2) is 48.8 Å². The van der Waals surface area contributed by atoms with Gasteiger partial charge in [-0.2, -0.15) is 13.2 Å². The van der Waals surface area contributed by atoms with Crippen LogP contribution in [-0.4, -0.2) is 33.1 Å². The predicted molar refractivity (Wildman–Crippen MR) is 132 cm³/mol. The van der Waals surface area contributed by atoms with Crippen molar-refractivity contribution < 1.29 is 27.8 Å². The third-order valence-corrected chi connectivity index (χ3v) is 6.87. The Balaban J connectivity index is 1.62. The molecule has 196 valence electrons. The number of ether oxygens (including phenoxy) is 1. The molecule has 1 fully saturated rings. The molecule has 0 saturated heterocycles. The number of anilines is 2. The maximum absolute atomic E-state index is 13.0. The summed E-state index contributed by atoms with van der Waals surface area (Å²) in [6.45, 7) is 5.75. The van der Waals surface area contributed by atoms with Crippen molar-refractivity contribution in [3.05, 3.63) is 65.7 Å². The summed E-state index contributed by atoms with van der Waals surface area (Å²) in [5.41, 5.74) is 0.694. The van der Waals surface area contributed by atoms with Crippen molar-refractivity contribution in [3.8, 4) is 11.1 Å². The van der Waals surface area contributed by atoms with E-state index in [4.69, 9.17) is 4.74 Å². The van der Waals surface area contributed by atoms with Gasteiger partial charge in [0.25, 0.3) is 0 Å². The lowest BCUT2D eigenvalue weighted by Crippen LogP contribution is -2.45. The van der Waals surface area contributed by atoms with Gasteiger partial charge < -0.3 is 15.2 Å². The van der Waals surface area contributed by atoms with Gasteiger partial charge in [0.15, 0.2) is 0 Å². The average molecular weight is 515 g/mol. The Labute approximate surface area is 213 Å². The fourth-order valence-corrected chi connectivity index (χ4v) is 5.13. The normalized spacial score (nSPS) is 21.4. The van der Waals surface area contributed by atoms with Gasteiger partial charge in [0.1, 0.15) is 11.3 Å². The lowest BCUT2D eigenvalue weighted by atomic mass is 9.62. The standard InChI is InChI=1S/C27H29F3N4O3/c1-16-11-18(13-19(12-16)33-24-32-10-7-21(34-24)27(28,29)30)17-6-9-31-22(14-17)26(36)8-5-20(23(35)37-4)25(2,3)15-26/h6-7,9-14,20,36H,5,8,15H2,1-4H3,(H,32,33,34). The number of nitrogens with zero attached hydrogens (tertiary/aromatic N) is 3. The minimum atomic E-state index is -4.57. The molecule has 4 rings (SSSR count). The summed E-state index contributed by atoms with van der Waals surface area (Å²) in [5, 5.41) is 14.4. The Morgan fingerprint density at radius 2 is 1.84 bits per heavy atom. The molecule has 0 spiro atoms. The molecule has 0 amide bonds. The van der Waals surface area contributed by atoms with Crippen molar-refractivity contribution in [2.75, 3.05) is 12.4 Å². The maximum atomic E-state index is 13.0. The van der Waals surface area contributed by atoms with Gasteiger partial charge >= 0.3 is 12.1 Å². The van der Waals surface area contributed by atoms with Crippen LogP contribution in [0, 0.1) is 18.3 Å². The third kappa shape index (κ3) is 5.74. The number of carbonyl (C=O) groups is 1. The Morgan fingerprint density at radius 1 is 1.11 bits per heavy atom. The fraction of sp³-hybridized carbons (Fsp3) is 0.407. The van der Waals surface area contributed by atoms with Gasteiger partial charge in [0.2, 0.25) is 5.95 Å². The first-order valence-electron chi connectivity index (χ1n) is 11.9. The van der Waals surface area contributed by atoms with E-state index >= 15 is 0 Å². The summed E-state index contributed by atoms with van der Waals surface area (Å²) in [6, 6.07) is 9.91.